The van der Waals surface area contributed by atoms with Crippen molar-refractivity contribution in [1.82, 2.24) is 4.98 Å². The van der Waals surface area contributed by atoms with Crippen LogP contribution >= 0.6 is 43.5 Å². The lowest BCUT2D eigenvalue weighted by Crippen LogP contribution is -1.84. The highest BCUT2D eigenvalue weighted by atomic mass is 79.9. The number of nitrogen functional groups attached to an aromatic ring is 1. The summed E-state index contributed by atoms with van der Waals surface area (Å²) < 4.78 is 7.38. The van der Waals surface area contributed by atoms with Crippen LogP contribution in [0.4, 0.5) is 5.69 Å². The number of hydrogen-bond donors (Lipinski definition) is 1. The Morgan fingerprint density at radius 1 is 1.16 bits per heavy atom. The molecule has 3 aromatic rings. The van der Waals surface area contributed by atoms with E-state index in [1.807, 2.05) is 18.2 Å². The van der Waals surface area contributed by atoms with Crippen LogP contribution in [0.2, 0.25) is 5.02 Å². The molecule has 2 N–H and O–H groups in total. The van der Waals surface area contributed by atoms with Gasteiger partial charge in [0.2, 0.25) is 5.89 Å². The van der Waals surface area contributed by atoms with Crippen LogP contribution in [0.5, 0.6) is 0 Å². The quantitative estimate of drug-likeness (QED) is 0.565. The molecule has 0 atom stereocenters. The number of nitrogens with zero attached hydrogens (tertiary/aromatic N) is 1. The van der Waals surface area contributed by atoms with Crippen molar-refractivity contribution in [2.45, 2.75) is 0 Å². The zero-order valence-electron chi connectivity index (χ0n) is 9.45. The molecule has 3 rings (SSSR count). The fraction of sp³-hybridized carbons (Fsp3) is 0. The highest BCUT2D eigenvalue weighted by molar-refractivity contribution is 9.10. The van der Waals surface area contributed by atoms with Gasteiger partial charge >= 0.3 is 0 Å². The van der Waals surface area contributed by atoms with E-state index in [2.05, 4.69) is 36.8 Å². The first-order valence-corrected chi connectivity index (χ1v) is 7.32. The highest BCUT2D eigenvalue weighted by Gasteiger charge is 2.12. The Hall–Kier alpha value is -1.04. The third-order valence-corrected chi connectivity index (χ3v) is 4.32. The molecule has 6 heteroatoms. The van der Waals surface area contributed by atoms with Crippen molar-refractivity contribution in [1.29, 1.82) is 0 Å². The van der Waals surface area contributed by atoms with Gasteiger partial charge in [-0.3, -0.25) is 0 Å². The largest absolute Gasteiger partial charge is 0.434 e. The zero-order chi connectivity index (χ0) is 13.6. The van der Waals surface area contributed by atoms with Crippen LogP contribution in [0, 0.1) is 0 Å². The van der Waals surface area contributed by atoms with E-state index in [1.54, 1.807) is 12.1 Å². The average Bonchev–Trinajstić information content (AvgIpc) is 2.76. The molecule has 0 aliphatic rings. The van der Waals surface area contributed by atoms with Gasteiger partial charge in [0, 0.05) is 14.5 Å². The number of halogens is 3. The first kappa shape index (κ1) is 13.0. The zero-order valence-corrected chi connectivity index (χ0v) is 13.4. The van der Waals surface area contributed by atoms with E-state index in [0.717, 1.165) is 14.5 Å². The molecule has 96 valence electrons. The molecular weight excluding hydrogens is 395 g/mol. The summed E-state index contributed by atoms with van der Waals surface area (Å²) in [4.78, 5) is 4.43. The number of nitrogens with two attached hydrogens (primary N) is 1. The van der Waals surface area contributed by atoms with Crippen molar-refractivity contribution in [2.24, 2.45) is 0 Å². The van der Waals surface area contributed by atoms with E-state index in [-0.39, 0.29) is 0 Å². The second kappa shape index (κ2) is 4.81. The lowest BCUT2D eigenvalue weighted by Gasteiger charge is -1.98. The summed E-state index contributed by atoms with van der Waals surface area (Å²) >= 11 is 12.7. The monoisotopic (exact) mass is 400 g/mol. The lowest BCUT2D eigenvalue weighted by atomic mass is 10.2. The molecule has 0 aliphatic carbocycles. The first-order valence-electron chi connectivity index (χ1n) is 5.35. The van der Waals surface area contributed by atoms with Gasteiger partial charge in [0.1, 0.15) is 5.52 Å². The highest BCUT2D eigenvalue weighted by Crippen LogP contribution is 2.33. The molecular formula is C13H7Br2ClN2O. The number of benzene rings is 2. The Bertz CT molecular complexity index is 786. The minimum atomic E-state index is 0.511. The molecule has 0 unspecified atom stereocenters. The standard InChI is InChI=1S/C13H7Br2ClN2O/c14-7-4-10(17)12-11(5-7)18-13(19-12)6-1-2-9(16)8(15)3-6/h1-5H,17H2. The van der Waals surface area contributed by atoms with E-state index < -0.39 is 0 Å². The van der Waals surface area contributed by atoms with Crippen molar-refractivity contribution in [2.75, 3.05) is 5.73 Å². The van der Waals surface area contributed by atoms with Crippen molar-refractivity contribution >= 4 is 60.2 Å². The van der Waals surface area contributed by atoms with Crippen molar-refractivity contribution in [3.05, 3.63) is 44.3 Å². The third kappa shape index (κ3) is 2.38. The molecule has 1 heterocycles. The van der Waals surface area contributed by atoms with Crippen molar-refractivity contribution < 1.29 is 4.42 Å². The number of oxazole rings is 1. The predicted octanol–water partition coefficient (Wildman–Crippen LogP) is 5.26. The molecule has 0 fully saturated rings. The summed E-state index contributed by atoms with van der Waals surface area (Å²) in [6, 6.07) is 9.15. The van der Waals surface area contributed by atoms with E-state index in [0.29, 0.717) is 27.7 Å². The molecule has 0 spiro atoms. The van der Waals surface area contributed by atoms with Crippen molar-refractivity contribution in [3.8, 4) is 11.5 Å². The Labute approximate surface area is 131 Å². The molecule has 0 saturated heterocycles. The Morgan fingerprint density at radius 2 is 1.95 bits per heavy atom. The summed E-state index contributed by atoms with van der Waals surface area (Å²) in [7, 11) is 0. The smallest absolute Gasteiger partial charge is 0.227 e. The van der Waals surface area contributed by atoms with Crippen LogP contribution < -0.4 is 5.73 Å². The molecule has 0 radical (unpaired) electrons. The Kier molecular flexibility index (Phi) is 3.28. The molecule has 3 nitrogen and oxygen atoms in total. The summed E-state index contributed by atoms with van der Waals surface area (Å²) in [6.07, 6.45) is 0. The molecule has 0 saturated carbocycles. The summed E-state index contributed by atoms with van der Waals surface area (Å²) in [5.41, 5.74) is 8.60. The van der Waals surface area contributed by atoms with Gasteiger partial charge in [0.25, 0.3) is 0 Å². The fourth-order valence-corrected chi connectivity index (χ4v) is 2.74. The normalized spacial score (nSPS) is 11.1. The minimum Gasteiger partial charge on any atom is -0.434 e. The first-order chi connectivity index (χ1) is 9.04. The van der Waals surface area contributed by atoms with Crippen LogP contribution in [0.1, 0.15) is 0 Å². The minimum absolute atomic E-state index is 0.511. The topological polar surface area (TPSA) is 52.0 Å². The van der Waals surface area contributed by atoms with Gasteiger partial charge in [-0.05, 0) is 46.3 Å². The lowest BCUT2D eigenvalue weighted by molar-refractivity contribution is 0.621. The maximum Gasteiger partial charge on any atom is 0.227 e. The second-order valence-electron chi connectivity index (χ2n) is 3.99. The maximum absolute atomic E-state index is 5.97. The van der Waals surface area contributed by atoms with Crippen LogP contribution in [-0.2, 0) is 0 Å². The second-order valence-corrected chi connectivity index (χ2v) is 6.17. The Morgan fingerprint density at radius 3 is 2.68 bits per heavy atom. The maximum atomic E-state index is 5.97. The molecule has 0 amide bonds. The van der Waals surface area contributed by atoms with E-state index in [4.69, 9.17) is 21.8 Å². The molecule has 2 aromatic carbocycles. The van der Waals surface area contributed by atoms with Gasteiger partial charge in [-0.1, -0.05) is 27.5 Å². The van der Waals surface area contributed by atoms with Gasteiger partial charge in [-0.15, -0.1) is 0 Å². The van der Waals surface area contributed by atoms with Crippen LogP contribution in [-0.4, -0.2) is 4.98 Å². The number of rotatable bonds is 1. The van der Waals surface area contributed by atoms with Gasteiger partial charge in [0.05, 0.1) is 10.7 Å². The van der Waals surface area contributed by atoms with Crippen molar-refractivity contribution in [3.63, 3.8) is 0 Å². The molecule has 0 bridgehead atoms. The van der Waals surface area contributed by atoms with Gasteiger partial charge in [-0.2, -0.15) is 0 Å². The number of anilines is 1. The molecule has 1 aromatic heterocycles. The van der Waals surface area contributed by atoms with E-state index in [9.17, 15) is 0 Å². The molecule has 19 heavy (non-hydrogen) atoms. The van der Waals surface area contributed by atoms with Crippen LogP contribution in [0.15, 0.2) is 43.7 Å². The summed E-state index contributed by atoms with van der Waals surface area (Å²) in [5.74, 6) is 0.511. The average molecular weight is 402 g/mol. The van der Waals surface area contributed by atoms with Crippen LogP contribution in [0.25, 0.3) is 22.6 Å². The number of hydrogen-bond acceptors (Lipinski definition) is 3. The SMILES string of the molecule is Nc1cc(Br)cc2nc(-c3ccc(Cl)c(Br)c3)oc12. The fourth-order valence-electron chi connectivity index (χ4n) is 1.78. The van der Waals surface area contributed by atoms with Crippen LogP contribution in [0.3, 0.4) is 0 Å². The summed E-state index contributed by atoms with van der Waals surface area (Å²) in [6.45, 7) is 0. The summed E-state index contributed by atoms with van der Waals surface area (Å²) in [5, 5.41) is 0.641. The van der Waals surface area contributed by atoms with E-state index >= 15 is 0 Å². The van der Waals surface area contributed by atoms with E-state index in [1.165, 1.54) is 0 Å². The Balaban J connectivity index is 2.20. The van der Waals surface area contributed by atoms with Gasteiger partial charge < -0.3 is 10.2 Å². The van der Waals surface area contributed by atoms with Gasteiger partial charge in [0.15, 0.2) is 5.58 Å². The third-order valence-electron chi connectivity index (χ3n) is 2.65. The number of aromatic nitrogens is 1. The number of fused-ring (bicyclic) bond motifs is 1. The predicted molar refractivity (Wildman–Crippen MR) is 84.3 cm³/mol. The van der Waals surface area contributed by atoms with Gasteiger partial charge in [-0.25, -0.2) is 4.98 Å². The molecule has 0 aliphatic heterocycles.